The second kappa shape index (κ2) is 7.24. The SMILES string of the molecule is C/C(=C(/[O-])c1ccccc1)C(C)c1ccccc1.[Li+]. The molecule has 0 radical (unpaired) electrons. The first-order valence-electron chi connectivity index (χ1n) is 6.18. The van der Waals surface area contributed by atoms with Crippen molar-refractivity contribution < 1.29 is 24.0 Å². The normalized spacial score (nSPS) is 13.2. The molecule has 1 atom stereocenters. The van der Waals surface area contributed by atoms with Crippen LogP contribution in [0.15, 0.2) is 66.2 Å². The van der Waals surface area contributed by atoms with Gasteiger partial charge in [-0.25, -0.2) is 0 Å². The van der Waals surface area contributed by atoms with Crippen LogP contribution in [0.3, 0.4) is 0 Å². The summed E-state index contributed by atoms with van der Waals surface area (Å²) in [6, 6.07) is 19.6. The molecule has 0 saturated carbocycles. The molecule has 2 heteroatoms. The van der Waals surface area contributed by atoms with Crippen molar-refractivity contribution >= 4 is 5.76 Å². The Hall–Kier alpha value is -1.42. The Bertz CT molecular complexity index is 532. The largest absolute Gasteiger partial charge is 1.00 e. The Morgan fingerprint density at radius 1 is 0.895 bits per heavy atom. The van der Waals surface area contributed by atoms with Crippen LogP contribution < -0.4 is 24.0 Å². The zero-order valence-electron chi connectivity index (χ0n) is 11.8. The molecule has 0 aliphatic carbocycles. The van der Waals surface area contributed by atoms with Crippen LogP contribution in [-0.2, 0) is 0 Å². The molecule has 0 aliphatic rings. The van der Waals surface area contributed by atoms with Crippen LogP contribution in [0.25, 0.3) is 5.76 Å². The van der Waals surface area contributed by atoms with E-state index in [1.807, 2.05) is 55.5 Å². The summed E-state index contributed by atoms with van der Waals surface area (Å²) in [7, 11) is 0. The molecule has 0 fully saturated rings. The minimum Gasteiger partial charge on any atom is -0.872 e. The maximum atomic E-state index is 12.3. The predicted molar refractivity (Wildman–Crippen MR) is 73.9 cm³/mol. The van der Waals surface area contributed by atoms with Crippen LogP contribution in [0.1, 0.15) is 30.9 Å². The maximum absolute atomic E-state index is 12.3. The molecule has 92 valence electrons. The van der Waals surface area contributed by atoms with Crippen molar-refractivity contribution in [2.75, 3.05) is 0 Å². The smallest absolute Gasteiger partial charge is 0.872 e. The van der Waals surface area contributed by atoms with Crippen LogP contribution >= 0.6 is 0 Å². The summed E-state index contributed by atoms with van der Waals surface area (Å²) in [6.45, 7) is 4.00. The van der Waals surface area contributed by atoms with Gasteiger partial charge >= 0.3 is 18.9 Å². The van der Waals surface area contributed by atoms with E-state index in [0.29, 0.717) is 0 Å². The first-order chi connectivity index (χ1) is 8.70. The third-order valence-corrected chi connectivity index (χ3v) is 3.34. The van der Waals surface area contributed by atoms with Gasteiger partial charge in [0.2, 0.25) is 0 Å². The summed E-state index contributed by atoms with van der Waals surface area (Å²) in [5.41, 5.74) is 2.82. The van der Waals surface area contributed by atoms with Crippen molar-refractivity contribution in [2.24, 2.45) is 0 Å². The summed E-state index contributed by atoms with van der Waals surface area (Å²) in [6.07, 6.45) is 0. The first kappa shape index (κ1) is 15.6. The van der Waals surface area contributed by atoms with Crippen LogP contribution in [0, 0.1) is 0 Å². The molecule has 0 aromatic heterocycles. The van der Waals surface area contributed by atoms with E-state index >= 15 is 0 Å². The summed E-state index contributed by atoms with van der Waals surface area (Å²) in [5, 5.41) is 12.3. The predicted octanol–water partition coefficient (Wildman–Crippen LogP) is 0.586. The molecule has 0 spiro atoms. The molecule has 0 aliphatic heterocycles. The molecular weight excluding hydrogens is 227 g/mol. The van der Waals surface area contributed by atoms with Crippen molar-refractivity contribution in [3.63, 3.8) is 0 Å². The molecule has 2 aromatic rings. The molecular formula is C17H17LiO. The van der Waals surface area contributed by atoms with E-state index in [4.69, 9.17) is 0 Å². The first-order valence-corrected chi connectivity index (χ1v) is 6.18. The van der Waals surface area contributed by atoms with Gasteiger partial charge < -0.3 is 5.11 Å². The molecule has 19 heavy (non-hydrogen) atoms. The zero-order valence-corrected chi connectivity index (χ0v) is 11.8. The Morgan fingerprint density at radius 3 is 1.89 bits per heavy atom. The minimum atomic E-state index is 0. The molecule has 2 rings (SSSR count). The van der Waals surface area contributed by atoms with Crippen LogP contribution in [-0.4, -0.2) is 0 Å². The van der Waals surface area contributed by atoms with Gasteiger partial charge in [-0.2, -0.15) is 0 Å². The third-order valence-electron chi connectivity index (χ3n) is 3.34. The Labute approximate surface area is 127 Å². The molecule has 0 heterocycles. The fraction of sp³-hybridized carbons (Fsp3) is 0.176. The van der Waals surface area contributed by atoms with Gasteiger partial charge in [0.1, 0.15) is 0 Å². The Kier molecular flexibility index (Phi) is 5.95. The van der Waals surface area contributed by atoms with Gasteiger partial charge in [0.05, 0.1) is 0 Å². The van der Waals surface area contributed by atoms with Gasteiger partial charge in [-0.15, -0.1) is 5.76 Å². The monoisotopic (exact) mass is 244 g/mol. The summed E-state index contributed by atoms with van der Waals surface area (Å²) in [5.74, 6) is 0.283. The molecule has 0 saturated heterocycles. The molecule has 0 N–H and O–H groups in total. The fourth-order valence-electron chi connectivity index (χ4n) is 2.01. The second-order valence-corrected chi connectivity index (χ2v) is 4.51. The molecule has 1 unspecified atom stereocenters. The van der Waals surface area contributed by atoms with Gasteiger partial charge in [0.15, 0.2) is 0 Å². The van der Waals surface area contributed by atoms with Gasteiger partial charge in [0, 0.05) is 5.92 Å². The van der Waals surface area contributed by atoms with Gasteiger partial charge in [-0.05, 0) is 18.1 Å². The molecule has 0 bridgehead atoms. The summed E-state index contributed by atoms with van der Waals surface area (Å²) < 4.78 is 0. The van der Waals surface area contributed by atoms with Crippen molar-refractivity contribution in [3.05, 3.63) is 77.4 Å². The minimum absolute atomic E-state index is 0. The van der Waals surface area contributed by atoms with Crippen molar-refractivity contribution in [1.82, 2.24) is 0 Å². The van der Waals surface area contributed by atoms with Gasteiger partial charge in [-0.1, -0.05) is 73.2 Å². The summed E-state index contributed by atoms with van der Waals surface area (Å²) in [4.78, 5) is 0. The number of benzene rings is 2. The van der Waals surface area contributed by atoms with E-state index in [1.54, 1.807) is 0 Å². The molecule has 0 amide bonds. The van der Waals surface area contributed by atoms with Crippen LogP contribution in [0.2, 0.25) is 0 Å². The third kappa shape index (κ3) is 3.77. The van der Waals surface area contributed by atoms with Crippen LogP contribution in [0.4, 0.5) is 0 Å². The van der Waals surface area contributed by atoms with E-state index in [-0.39, 0.29) is 30.5 Å². The topological polar surface area (TPSA) is 23.1 Å². The second-order valence-electron chi connectivity index (χ2n) is 4.51. The van der Waals surface area contributed by atoms with E-state index in [9.17, 15) is 5.11 Å². The van der Waals surface area contributed by atoms with E-state index in [0.717, 1.165) is 11.1 Å². The van der Waals surface area contributed by atoms with E-state index in [2.05, 4.69) is 19.1 Å². The maximum Gasteiger partial charge on any atom is 1.00 e. The number of hydrogen-bond acceptors (Lipinski definition) is 1. The van der Waals surface area contributed by atoms with E-state index < -0.39 is 0 Å². The number of allylic oxidation sites excluding steroid dienone is 1. The quantitative estimate of drug-likeness (QED) is 0.572. The number of rotatable bonds is 3. The number of hydrogen-bond donors (Lipinski definition) is 0. The average Bonchev–Trinajstić information content (AvgIpc) is 2.47. The van der Waals surface area contributed by atoms with E-state index in [1.165, 1.54) is 5.56 Å². The molecule has 2 aromatic carbocycles. The Morgan fingerprint density at radius 2 is 1.37 bits per heavy atom. The average molecular weight is 244 g/mol. The zero-order chi connectivity index (χ0) is 13.0. The van der Waals surface area contributed by atoms with Crippen molar-refractivity contribution in [1.29, 1.82) is 0 Å². The van der Waals surface area contributed by atoms with Crippen LogP contribution in [0.5, 0.6) is 0 Å². The van der Waals surface area contributed by atoms with Gasteiger partial charge in [0.25, 0.3) is 0 Å². The van der Waals surface area contributed by atoms with Gasteiger partial charge in [-0.3, -0.25) is 0 Å². The van der Waals surface area contributed by atoms with Crippen molar-refractivity contribution in [3.8, 4) is 0 Å². The van der Waals surface area contributed by atoms with Crippen molar-refractivity contribution in [2.45, 2.75) is 19.8 Å². The summed E-state index contributed by atoms with van der Waals surface area (Å²) >= 11 is 0. The Balaban J connectivity index is 0.00000180. The standard InChI is InChI=1S/C17H18O.Li/c1-13(15-9-5-3-6-10-15)14(2)17(18)16-11-7-4-8-12-16;/h3-13,18H,1-2H3;/q;+1/p-1/b17-14-;. The fourth-order valence-corrected chi connectivity index (χ4v) is 2.01. The molecule has 1 nitrogen and oxygen atoms in total.